The molecular weight excluding hydrogens is 138 g/mol. The fourth-order valence-electron chi connectivity index (χ4n) is 0.394. The van der Waals surface area contributed by atoms with E-state index in [1.807, 2.05) is 13.1 Å². The van der Waals surface area contributed by atoms with Crippen molar-refractivity contribution in [1.29, 1.82) is 0 Å². The maximum atomic E-state index is 4.89. The molecule has 0 aliphatic rings. The van der Waals surface area contributed by atoms with Crippen molar-refractivity contribution in [2.45, 2.75) is 27.7 Å². The third-order valence-electron chi connectivity index (χ3n) is 1.66. The third kappa shape index (κ3) is 4.59. The Balaban J connectivity index is 4.11. The molecule has 0 unspecified atom stereocenters. The lowest BCUT2D eigenvalue weighted by molar-refractivity contribution is 0.400. The zero-order chi connectivity index (χ0) is 8.85. The minimum absolute atomic E-state index is 0.559. The summed E-state index contributed by atoms with van der Waals surface area (Å²) in [6.45, 7) is 8.19. The maximum Gasteiger partial charge on any atom is 0.184 e. The summed E-state index contributed by atoms with van der Waals surface area (Å²) in [6.07, 6.45) is 1.85. The molecule has 0 aliphatic heterocycles. The van der Waals surface area contributed by atoms with E-state index in [9.17, 15) is 0 Å². The van der Waals surface area contributed by atoms with Crippen LogP contribution in [0.4, 0.5) is 0 Å². The summed E-state index contributed by atoms with van der Waals surface area (Å²) in [4.78, 5) is 4.10. The minimum atomic E-state index is 0.559. The van der Waals surface area contributed by atoms with E-state index in [4.69, 9.17) is 4.74 Å². The minimum Gasteiger partial charge on any atom is -0.484 e. The molecule has 2 heteroatoms. The first-order valence-corrected chi connectivity index (χ1v) is 3.83. The SMILES string of the molecule is COC(C)=N/C=C(\C)C(C)C. The molecule has 0 N–H and O–H groups in total. The second-order valence-electron chi connectivity index (χ2n) is 2.88. The number of ether oxygens (including phenoxy) is 1. The molecule has 0 aliphatic carbocycles. The van der Waals surface area contributed by atoms with Crippen LogP contribution in [-0.4, -0.2) is 13.0 Å². The predicted molar refractivity (Wildman–Crippen MR) is 48.7 cm³/mol. The van der Waals surface area contributed by atoms with Gasteiger partial charge in [0.15, 0.2) is 5.90 Å². The van der Waals surface area contributed by atoms with Gasteiger partial charge < -0.3 is 4.74 Å². The van der Waals surface area contributed by atoms with E-state index in [1.54, 1.807) is 7.11 Å². The number of rotatable bonds is 2. The van der Waals surface area contributed by atoms with E-state index < -0.39 is 0 Å². The quantitative estimate of drug-likeness (QED) is 0.443. The lowest BCUT2D eigenvalue weighted by atomic mass is 10.1. The second-order valence-corrected chi connectivity index (χ2v) is 2.88. The molecule has 0 saturated heterocycles. The standard InChI is InChI=1S/C9H17NO/c1-7(2)8(3)6-10-9(4)11-5/h6-7H,1-5H3/b8-6+,10-9?. The molecule has 0 bridgehead atoms. The van der Waals surface area contributed by atoms with Gasteiger partial charge in [0.05, 0.1) is 7.11 Å². The zero-order valence-electron chi connectivity index (χ0n) is 8.01. The van der Waals surface area contributed by atoms with E-state index in [0.29, 0.717) is 11.8 Å². The van der Waals surface area contributed by atoms with Gasteiger partial charge in [-0.05, 0) is 12.8 Å². The summed E-state index contributed by atoms with van der Waals surface area (Å²) in [5.41, 5.74) is 1.27. The van der Waals surface area contributed by atoms with Crippen LogP contribution in [0.15, 0.2) is 16.8 Å². The Morgan fingerprint density at radius 3 is 2.27 bits per heavy atom. The average molecular weight is 155 g/mol. The largest absolute Gasteiger partial charge is 0.484 e. The molecule has 0 aromatic rings. The molecule has 0 heterocycles. The summed E-state index contributed by atoms with van der Waals surface area (Å²) in [7, 11) is 1.62. The average Bonchev–Trinajstić information content (AvgIpc) is 1.99. The van der Waals surface area contributed by atoms with Crippen molar-refractivity contribution in [2.75, 3.05) is 7.11 Å². The van der Waals surface area contributed by atoms with Crippen LogP contribution >= 0.6 is 0 Å². The van der Waals surface area contributed by atoms with Crippen molar-refractivity contribution >= 4 is 5.90 Å². The van der Waals surface area contributed by atoms with Crippen molar-refractivity contribution in [1.82, 2.24) is 0 Å². The Hall–Kier alpha value is -0.790. The molecule has 11 heavy (non-hydrogen) atoms. The summed E-state index contributed by atoms with van der Waals surface area (Å²) in [5.74, 6) is 1.26. The fourth-order valence-corrected chi connectivity index (χ4v) is 0.394. The number of hydrogen-bond acceptors (Lipinski definition) is 2. The maximum absolute atomic E-state index is 4.89. The van der Waals surface area contributed by atoms with Crippen molar-refractivity contribution in [3.05, 3.63) is 11.8 Å². The lowest BCUT2D eigenvalue weighted by Crippen LogP contribution is -1.93. The Labute approximate surface area is 69.0 Å². The molecule has 0 atom stereocenters. The smallest absolute Gasteiger partial charge is 0.184 e. The first-order chi connectivity index (χ1) is 5.07. The first kappa shape index (κ1) is 10.2. The van der Waals surface area contributed by atoms with Crippen LogP contribution in [0.2, 0.25) is 0 Å². The second kappa shape index (κ2) is 4.94. The number of aliphatic imine (C=N–C) groups is 1. The molecule has 0 radical (unpaired) electrons. The molecule has 2 nitrogen and oxygen atoms in total. The molecule has 0 aromatic heterocycles. The first-order valence-electron chi connectivity index (χ1n) is 3.83. The summed E-state index contributed by atoms with van der Waals surface area (Å²) in [5, 5.41) is 0. The molecule has 0 fully saturated rings. The van der Waals surface area contributed by atoms with Crippen LogP contribution in [0.5, 0.6) is 0 Å². The highest BCUT2D eigenvalue weighted by molar-refractivity contribution is 5.73. The van der Waals surface area contributed by atoms with Gasteiger partial charge >= 0.3 is 0 Å². The molecule has 0 aromatic carbocycles. The van der Waals surface area contributed by atoms with Gasteiger partial charge in [-0.25, -0.2) is 4.99 Å². The van der Waals surface area contributed by atoms with Gasteiger partial charge in [0, 0.05) is 13.1 Å². The molecule has 0 amide bonds. The van der Waals surface area contributed by atoms with Crippen molar-refractivity contribution in [2.24, 2.45) is 10.9 Å². The van der Waals surface area contributed by atoms with Crippen LogP contribution < -0.4 is 0 Å². The van der Waals surface area contributed by atoms with E-state index in [-0.39, 0.29) is 0 Å². The van der Waals surface area contributed by atoms with Crippen LogP contribution in [-0.2, 0) is 4.74 Å². The van der Waals surface area contributed by atoms with Gasteiger partial charge in [-0.15, -0.1) is 0 Å². The van der Waals surface area contributed by atoms with Crippen LogP contribution in [0.25, 0.3) is 0 Å². The molecule has 0 rings (SSSR count). The fraction of sp³-hybridized carbons (Fsp3) is 0.667. The Morgan fingerprint density at radius 1 is 1.36 bits per heavy atom. The van der Waals surface area contributed by atoms with Crippen LogP contribution in [0, 0.1) is 5.92 Å². The van der Waals surface area contributed by atoms with E-state index in [0.717, 1.165) is 0 Å². The van der Waals surface area contributed by atoms with Crippen LogP contribution in [0.3, 0.4) is 0 Å². The summed E-state index contributed by atoms with van der Waals surface area (Å²) < 4.78 is 4.89. The number of methoxy groups -OCH3 is 1. The zero-order valence-corrected chi connectivity index (χ0v) is 8.01. The predicted octanol–water partition coefficient (Wildman–Crippen LogP) is 2.61. The topological polar surface area (TPSA) is 21.6 Å². The molecule has 0 saturated carbocycles. The highest BCUT2D eigenvalue weighted by Gasteiger charge is 1.93. The van der Waals surface area contributed by atoms with E-state index >= 15 is 0 Å². The van der Waals surface area contributed by atoms with Gasteiger partial charge in [-0.1, -0.05) is 19.4 Å². The Morgan fingerprint density at radius 2 is 1.91 bits per heavy atom. The third-order valence-corrected chi connectivity index (χ3v) is 1.66. The molecule has 64 valence electrons. The molecule has 0 spiro atoms. The Bertz CT molecular complexity index is 168. The van der Waals surface area contributed by atoms with Gasteiger partial charge in [0.2, 0.25) is 0 Å². The Kier molecular flexibility index (Phi) is 4.59. The lowest BCUT2D eigenvalue weighted by Gasteiger charge is -2.02. The number of nitrogens with zero attached hydrogens (tertiary/aromatic N) is 1. The van der Waals surface area contributed by atoms with Crippen molar-refractivity contribution < 1.29 is 4.74 Å². The van der Waals surface area contributed by atoms with Gasteiger partial charge in [-0.3, -0.25) is 0 Å². The highest BCUT2D eigenvalue weighted by atomic mass is 16.5. The summed E-state index contributed by atoms with van der Waals surface area (Å²) in [6, 6.07) is 0. The van der Waals surface area contributed by atoms with Gasteiger partial charge in [0.25, 0.3) is 0 Å². The number of hydrogen-bond donors (Lipinski definition) is 0. The van der Waals surface area contributed by atoms with Crippen LogP contribution in [0.1, 0.15) is 27.7 Å². The monoisotopic (exact) mass is 155 g/mol. The van der Waals surface area contributed by atoms with Crippen molar-refractivity contribution in [3.8, 4) is 0 Å². The summed E-state index contributed by atoms with van der Waals surface area (Å²) >= 11 is 0. The highest BCUT2D eigenvalue weighted by Crippen LogP contribution is 2.07. The molecular formula is C9H17NO. The van der Waals surface area contributed by atoms with Gasteiger partial charge in [0.1, 0.15) is 0 Å². The van der Waals surface area contributed by atoms with Crippen molar-refractivity contribution in [3.63, 3.8) is 0 Å². The van der Waals surface area contributed by atoms with E-state index in [2.05, 4.69) is 25.8 Å². The number of allylic oxidation sites excluding steroid dienone is 1. The van der Waals surface area contributed by atoms with E-state index in [1.165, 1.54) is 5.57 Å². The normalized spacial score (nSPS) is 14.0. The van der Waals surface area contributed by atoms with Gasteiger partial charge in [-0.2, -0.15) is 0 Å².